The van der Waals surface area contributed by atoms with Crippen LogP contribution in [0.25, 0.3) is 21.9 Å². The molecule has 0 N–H and O–H groups in total. The average molecular weight is 236 g/mol. The number of fused-ring (bicyclic) bond motifs is 3. The second-order valence-corrected chi connectivity index (χ2v) is 4.09. The van der Waals surface area contributed by atoms with Crippen molar-refractivity contribution in [2.45, 2.75) is 0 Å². The van der Waals surface area contributed by atoms with E-state index in [1.807, 2.05) is 24.3 Å². The fourth-order valence-electron chi connectivity index (χ4n) is 1.64. The van der Waals surface area contributed by atoms with E-state index in [2.05, 4.69) is 6.07 Å². The Bertz CT molecular complexity index is 655. The van der Waals surface area contributed by atoms with E-state index < -0.39 is 0 Å². The SMILES string of the molecule is Clc1cc2oc3ccc[c]c3c2cc1Cl. The summed E-state index contributed by atoms with van der Waals surface area (Å²) in [7, 11) is 0. The predicted octanol–water partition coefficient (Wildman–Crippen LogP) is 4.69. The molecule has 0 atom stereocenters. The van der Waals surface area contributed by atoms with Gasteiger partial charge in [-0.25, -0.2) is 0 Å². The van der Waals surface area contributed by atoms with Crippen molar-refractivity contribution in [3.05, 3.63) is 46.4 Å². The molecule has 3 heteroatoms. The monoisotopic (exact) mass is 235 g/mol. The molecule has 0 fully saturated rings. The maximum atomic E-state index is 5.96. The summed E-state index contributed by atoms with van der Waals surface area (Å²) in [6.45, 7) is 0. The van der Waals surface area contributed by atoms with Gasteiger partial charge in [0.2, 0.25) is 0 Å². The molecule has 3 rings (SSSR count). The molecule has 15 heavy (non-hydrogen) atoms. The van der Waals surface area contributed by atoms with Crippen molar-refractivity contribution in [1.82, 2.24) is 0 Å². The van der Waals surface area contributed by atoms with Crippen LogP contribution in [0.4, 0.5) is 0 Å². The quantitative estimate of drug-likeness (QED) is 0.551. The van der Waals surface area contributed by atoms with Crippen LogP contribution in [0.15, 0.2) is 34.7 Å². The first-order chi connectivity index (χ1) is 7.25. The van der Waals surface area contributed by atoms with Gasteiger partial charge in [-0.1, -0.05) is 35.3 Å². The average Bonchev–Trinajstić information content (AvgIpc) is 2.57. The summed E-state index contributed by atoms with van der Waals surface area (Å²) in [5, 5.41) is 2.92. The third-order valence-corrected chi connectivity index (χ3v) is 3.05. The first kappa shape index (κ1) is 9.08. The molecule has 0 saturated carbocycles. The van der Waals surface area contributed by atoms with Gasteiger partial charge in [0.05, 0.1) is 10.0 Å². The summed E-state index contributed by atoms with van der Waals surface area (Å²) < 4.78 is 5.61. The molecule has 1 aromatic heterocycles. The highest BCUT2D eigenvalue weighted by Crippen LogP contribution is 2.34. The van der Waals surface area contributed by atoms with Gasteiger partial charge in [0.15, 0.2) is 0 Å². The molecule has 0 bridgehead atoms. The highest BCUT2D eigenvalue weighted by atomic mass is 35.5. The first-order valence-corrected chi connectivity index (χ1v) is 5.19. The lowest BCUT2D eigenvalue weighted by molar-refractivity contribution is 0.669. The topological polar surface area (TPSA) is 13.1 Å². The van der Waals surface area contributed by atoms with Crippen molar-refractivity contribution in [1.29, 1.82) is 0 Å². The lowest BCUT2D eigenvalue weighted by Crippen LogP contribution is -1.69. The second kappa shape index (κ2) is 3.16. The van der Waals surface area contributed by atoms with Gasteiger partial charge in [-0.15, -0.1) is 0 Å². The van der Waals surface area contributed by atoms with Crippen LogP contribution in [0.5, 0.6) is 0 Å². The maximum Gasteiger partial charge on any atom is 0.137 e. The number of benzene rings is 2. The zero-order valence-corrected chi connectivity index (χ0v) is 9.06. The van der Waals surface area contributed by atoms with E-state index in [9.17, 15) is 0 Å². The maximum absolute atomic E-state index is 5.96. The molecule has 0 saturated heterocycles. The van der Waals surface area contributed by atoms with Crippen molar-refractivity contribution in [2.75, 3.05) is 0 Å². The minimum atomic E-state index is 0.503. The number of rotatable bonds is 0. The Balaban J connectivity index is 2.56. The first-order valence-electron chi connectivity index (χ1n) is 4.43. The molecular formula is C12H5Cl2O. The second-order valence-electron chi connectivity index (χ2n) is 3.27. The van der Waals surface area contributed by atoms with Gasteiger partial charge in [-0.05, 0) is 18.2 Å². The third kappa shape index (κ3) is 1.31. The minimum Gasteiger partial charge on any atom is -0.456 e. The summed E-state index contributed by atoms with van der Waals surface area (Å²) in [6.07, 6.45) is 0. The van der Waals surface area contributed by atoms with Crippen LogP contribution >= 0.6 is 23.2 Å². The van der Waals surface area contributed by atoms with Crippen molar-refractivity contribution >= 4 is 45.1 Å². The van der Waals surface area contributed by atoms with Gasteiger partial charge in [-0.3, -0.25) is 0 Å². The molecule has 1 radical (unpaired) electrons. The molecule has 0 amide bonds. The summed E-state index contributed by atoms with van der Waals surface area (Å²) >= 11 is 11.9. The van der Waals surface area contributed by atoms with Gasteiger partial charge in [0.1, 0.15) is 11.2 Å². The molecule has 0 unspecified atom stereocenters. The Labute approximate surface area is 96.2 Å². The smallest absolute Gasteiger partial charge is 0.137 e. The zero-order chi connectivity index (χ0) is 10.4. The van der Waals surface area contributed by atoms with Crippen LogP contribution in [0, 0.1) is 6.07 Å². The number of hydrogen-bond acceptors (Lipinski definition) is 1. The van der Waals surface area contributed by atoms with Gasteiger partial charge in [0.25, 0.3) is 0 Å². The molecule has 1 heterocycles. The molecule has 1 nitrogen and oxygen atoms in total. The Morgan fingerprint density at radius 1 is 1.07 bits per heavy atom. The number of halogens is 2. The van der Waals surface area contributed by atoms with Crippen molar-refractivity contribution in [2.24, 2.45) is 0 Å². The van der Waals surface area contributed by atoms with E-state index in [0.717, 1.165) is 21.9 Å². The predicted molar refractivity (Wildman–Crippen MR) is 62.6 cm³/mol. The van der Waals surface area contributed by atoms with E-state index in [4.69, 9.17) is 27.6 Å². The standard InChI is InChI=1S/C12H5Cl2O/c13-9-5-8-7-3-1-2-4-11(7)15-12(8)6-10(9)14/h1-2,4-6H. The van der Waals surface area contributed by atoms with Gasteiger partial charge >= 0.3 is 0 Å². The molecule has 3 aromatic rings. The normalized spacial score (nSPS) is 11.3. The fourth-order valence-corrected chi connectivity index (χ4v) is 1.96. The van der Waals surface area contributed by atoms with Crippen molar-refractivity contribution in [3.8, 4) is 0 Å². The van der Waals surface area contributed by atoms with E-state index in [-0.39, 0.29) is 0 Å². The molecule has 2 aromatic carbocycles. The molecule has 0 aliphatic rings. The van der Waals surface area contributed by atoms with E-state index in [1.165, 1.54) is 0 Å². The number of hydrogen-bond donors (Lipinski definition) is 0. The molecule has 0 spiro atoms. The highest BCUT2D eigenvalue weighted by Gasteiger charge is 2.08. The van der Waals surface area contributed by atoms with E-state index >= 15 is 0 Å². The lowest BCUT2D eigenvalue weighted by atomic mass is 10.1. The van der Waals surface area contributed by atoms with Crippen LogP contribution in [0.2, 0.25) is 10.0 Å². The van der Waals surface area contributed by atoms with E-state index in [1.54, 1.807) is 6.07 Å². The Kier molecular flexibility index (Phi) is 1.91. The minimum absolute atomic E-state index is 0.503. The third-order valence-electron chi connectivity index (χ3n) is 2.33. The summed E-state index contributed by atoms with van der Waals surface area (Å²) in [4.78, 5) is 0. The Morgan fingerprint density at radius 3 is 2.73 bits per heavy atom. The molecular weight excluding hydrogens is 231 g/mol. The molecule has 73 valence electrons. The Hall–Kier alpha value is -1.18. The van der Waals surface area contributed by atoms with Crippen LogP contribution in [-0.4, -0.2) is 0 Å². The molecule has 0 aliphatic heterocycles. The van der Waals surface area contributed by atoms with Crippen molar-refractivity contribution in [3.63, 3.8) is 0 Å². The zero-order valence-electron chi connectivity index (χ0n) is 7.55. The lowest BCUT2D eigenvalue weighted by Gasteiger charge is -1.94. The highest BCUT2D eigenvalue weighted by molar-refractivity contribution is 6.43. The van der Waals surface area contributed by atoms with Crippen LogP contribution in [0.1, 0.15) is 0 Å². The number of furan rings is 1. The van der Waals surface area contributed by atoms with Crippen molar-refractivity contribution < 1.29 is 4.42 Å². The van der Waals surface area contributed by atoms with Gasteiger partial charge in [0, 0.05) is 16.8 Å². The fraction of sp³-hybridized carbons (Fsp3) is 0. The van der Waals surface area contributed by atoms with Crippen LogP contribution in [0.3, 0.4) is 0 Å². The van der Waals surface area contributed by atoms with Gasteiger partial charge < -0.3 is 4.42 Å². The Morgan fingerprint density at radius 2 is 1.87 bits per heavy atom. The molecule has 0 aliphatic carbocycles. The largest absolute Gasteiger partial charge is 0.456 e. The van der Waals surface area contributed by atoms with E-state index in [0.29, 0.717) is 10.0 Å². The summed E-state index contributed by atoms with van der Waals surface area (Å²) in [5.74, 6) is 0. The van der Waals surface area contributed by atoms with Crippen LogP contribution < -0.4 is 0 Å². The summed E-state index contributed by atoms with van der Waals surface area (Å²) in [5.41, 5.74) is 1.53. The van der Waals surface area contributed by atoms with Crippen LogP contribution in [-0.2, 0) is 0 Å². The van der Waals surface area contributed by atoms with Gasteiger partial charge in [-0.2, -0.15) is 0 Å². The summed E-state index contributed by atoms with van der Waals surface area (Å²) in [6, 6.07) is 12.3.